The van der Waals surface area contributed by atoms with Gasteiger partial charge in [-0.3, -0.25) is 10.1 Å². The molecule has 2 aromatic carbocycles. The number of aromatic nitrogens is 1. The molecule has 5 nitrogen and oxygen atoms in total. The van der Waals surface area contributed by atoms with Gasteiger partial charge in [-0.15, -0.1) is 0 Å². The van der Waals surface area contributed by atoms with Crippen LogP contribution in [0.1, 0.15) is 16.8 Å². The molecule has 122 valence electrons. The van der Waals surface area contributed by atoms with Crippen LogP contribution in [0.4, 0.5) is 5.69 Å². The first-order valence-electron chi connectivity index (χ1n) is 7.69. The highest BCUT2D eigenvalue weighted by molar-refractivity contribution is 5.89. The van der Waals surface area contributed by atoms with Gasteiger partial charge < -0.3 is 4.57 Å². The van der Waals surface area contributed by atoms with Crippen molar-refractivity contribution in [3.05, 3.63) is 93.8 Å². The first kappa shape index (κ1) is 16.2. The fraction of sp³-hybridized carbons (Fsp3) is 0.0500. The van der Waals surface area contributed by atoms with Crippen LogP contribution in [-0.2, 0) is 0 Å². The van der Waals surface area contributed by atoms with Gasteiger partial charge >= 0.3 is 0 Å². The Hall–Kier alpha value is -3.65. The Labute approximate surface area is 145 Å². The van der Waals surface area contributed by atoms with E-state index in [1.54, 1.807) is 18.2 Å². The van der Waals surface area contributed by atoms with E-state index < -0.39 is 4.92 Å². The van der Waals surface area contributed by atoms with E-state index in [1.165, 1.54) is 12.1 Å². The number of hydrogen-bond donors (Lipinski definition) is 0. The van der Waals surface area contributed by atoms with Gasteiger partial charge in [0.2, 0.25) is 0 Å². The summed E-state index contributed by atoms with van der Waals surface area (Å²) in [4.78, 5) is 10.5. The number of nitrogens with zero attached hydrogens (tertiary/aromatic N) is 3. The summed E-state index contributed by atoms with van der Waals surface area (Å²) in [7, 11) is 0. The number of nitro benzene ring substituents is 1. The summed E-state index contributed by atoms with van der Waals surface area (Å²) in [6, 6.07) is 20.1. The summed E-state index contributed by atoms with van der Waals surface area (Å²) in [6.07, 6.45) is 3.66. The van der Waals surface area contributed by atoms with Gasteiger partial charge in [-0.05, 0) is 48.4 Å². The third kappa shape index (κ3) is 3.48. The van der Waals surface area contributed by atoms with Crippen LogP contribution in [0.25, 0.3) is 17.3 Å². The fourth-order valence-corrected chi connectivity index (χ4v) is 2.64. The second kappa shape index (κ2) is 6.85. The van der Waals surface area contributed by atoms with Gasteiger partial charge in [-0.2, -0.15) is 5.26 Å². The molecule has 0 N–H and O–H groups in total. The summed E-state index contributed by atoms with van der Waals surface area (Å²) >= 11 is 0. The molecule has 0 spiro atoms. The molecule has 3 aromatic rings. The molecule has 0 amide bonds. The molecule has 0 atom stereocenters. The average Bonchev–Trinajstić information content (AvgIpc) is 3.08. The Balaban J connectivity index is 2.05. The molecule has 3 rings (SSSR count). The van der Waals surface area contributed by atoms with Crippen LogP contribution in [-0.4, -0.2) is 9.49 Å². The maximum Gasteiger partial charge on any atom is 0.270 e. The van der Waals surface area contributed by atoms with Gasteiger partial charge in [0.05, 0.1) is 16.6 Å². The Morgan fingerprint density at radius 1 is 1.16 bits per heavy atom. The van der Waals surface area contributed by atoms with Gasteiger partial charge in [0.25, 0.3) is 5.69 Å². The molecular weight excluding hydrogens is 314 g/mol. The minimum atomic E-state index is -0.464. The molecular formula is C20H15N3O2. The molecule has 0 fully saturated rings. The number of allylic oxidation sites excluding steroid dienone is 1. The van der Waals surface area contributed by atoms with E-state index >= 15 is 0 Å². The van der Waals surface area contributed by atoms with Gasteiger partial charge in [-0.1, -0.05) is 24.3 Å². The number of nitro groups is 1. The zero-order valence-corrected chi connectivity index (χ0v) is 13.6. The number of nitriles is 1. The highest BCUT2D eigenvalue weighted by Gasteiger charge is 2.10. The first-order valence-corrected chi connectivity index (χ1v) is 7.69. The van der Waals surface area contributed by atoms with Gasteiger partial charge in [0, 0.05) is 29.7 Å². The van der Waals surface area contributed by atoms with Crippen LogP contribution >= 0.6 is 0 Å². The van der Waals surface area contributed by atoms with E-state index in [2.05, 4.69) is 12.1 Å². The molecule has 0 saturated carbocycles. The zero-order chi connectivity index (χ0) is 17.8. The van der Waals surface area contributed by atoms with Crippen LogP contribution in [0, 0.1) is 28.4 Å². The lowest BCUT2D eigenvalue weighted by Crippen LogP contribution is -1.96. The molecule has 1 heterocycles. The normalized spacial score (nSPS) is 11.1. The molecule has 1 aromatic heterocycles. The minimum absolute atomic E-state index is 0.0345. The quantitative estimate of drug-likeness (QED) is 0.393. The van der Waals surface area contributed by atoms with Crippen LogP contribution in [0.5, 0.6) is 0 Å². The van der Waals surface area contributed by atoms with Crippen molar-refractivity contribution in [2.24, 2.45) is 0 Å². The minimum Gasteiger partial charge on any atom is -0.317 e. The van der Waals surface area contributed by atoms with Crippen molar-refractivity contribution in [1.82, 2.24) is 4.57 Å². The third-order valence-corrected chi connectivity index (χ3v) is 3.84. The molecule has 0 aliphatic rings. The average molecular weight is 329 g/mol. The van der Waals surface area contributed by atoms with Crippen molar-refractivity contribution in [3.63, 3.8) is 0 Å². The van der Waals surface area contributed by atoms with Crippen LogP contribution in [0.3, 0.4) is 0 Å². The zero-order valence-electron chi connectivity index (χ0n) is 13.6. The monoisotopic (exact) mass is 329 g/mol. The van der Waals surface area contributed by atoms with E-state index in [0.29, 0.717) is 11.1 Å². The van der Waals surface area contributed by atoms with Crippen molar-refractivity contribution in [3.8, 4) is 11.8 Å². The number of benzene rings is 2. The van der Waals surface area contributed by atoms with E-state index in [1.807, 2.05) is 48.0 Å². The fourth-order valence-electron chi connectivity index (χ4n) is 2.64. The van der Waals surface area contributed by atoms with Gasteiger partial charge in [0.15, 0.2) is 0 Å². The number of aryl methyl sites for hydroxylation is 1. The maximum atomic E-state index is 11.0. The standard InChI is InChI=1S/C20H15N3O2/c1-15-5-2-7-18(11-15)22-10-4-9-19(22)13-17(14-21)16-6-3-8-20(12-16)23(24)25/h2-13H,1H3. The van der Waals surface area contributed by atoms with Gasteiger partial charge in [-0.25, -0.2) is 0 Å². The molecule has 0 aliphatic heterocycles. The highest BCUT2D eigenvalue weighted by atomic mass is 16.6. The topological polar surface area (TPSA) is 71.9 Å². The lowest BCUT2D eigenvalue weighted by Gasteiger charge is -2.08. The van der Waals surface area contributed by atoms with Crippen LogP contribution in [0.15, 0.2) is 66.9 Å². The summed E-state index contributed by atoms with van der Waals surface area (Å²) in [5.74, 6) is 0. The summed E-state index contributed by atoms with van der Waals surface area (Å²) in [6.45, 7) is 2.02. The van der Waals surface area contributed by atoms with Crippen molar-refractivity contribution in [1.29, 1.82) is 5.26 Å². The second-order valence-corrected chi connectivity index (χ2v) is 5.62. The second-order valence-electron chi connectivity index (χ2n) is 5.62. The predicted octanol–water partition coefficient (Wildman–Crippen LogP) is 4.76. The van der Waals surface area contributed by atoms with Crippen molar-refractivity contribution < 1.29 is 4.92 Å². The number of rotatable bonds is 4. The first-order chi connectivity index (χ1) is 12.1. The summed E-state index contributed by atoms with van der Waals surface area (Å²) < 4.78 is 1.97. The molecule has 0 bridgehead atoms. The highest BCUT2D eigenvalue weighted by Crippen LogP contribution is 2.23. The van der Waals surface area contributed by atoms with E-state index in [0.717, 1.165) is 16.9 Å². The van der Waals surface area contributed by atoms with Crippen LogP contribution in [0.2, 0.25) is 0 Å². The predicted molar refractivity (Wildman–Crippen MR) is 97.1 cm³/mol. The summed E-state index contributed by atoms with van der Waals surface area (Å²) in [5.41, 5.74) is 3.82. The van der Waals surface area contributed by atoms with Crippen molar-refractivity contribution >= 4 is 17.3 Å². The Kier molecular flexibility index (Phi) is 4.44. The van der Waals surface area contributed by atoms with E-state index in [4.69, 9.17) is 0 Å². The summed E-state index contributed by atoms with van der Waals surface area (Å²) in [5, 5.41) is 20.5. The Bertz CT molecular complexity index is 1010. The van der Waals surface area contributed by atoms with E-state index in [-0.39, 0.29) is 5.69 Å². The lowest BCUT2D eigenvalue weighted by atomic mass is 10.1. The smallest absolute Gasteiger partial charge is 0.270 e. The largest absolute Gasteiger partial charge is 0.317 e. The van der Waals surface area contributed by atoms with E-state index in [9.17, 15) is 15.4 Å². The SMILES string of the molecule is Cc1cccc(-n2cccc2C=C(C#N)c2cccc([N+](=O)[O-])c2)c1. The molecule has 0 aliphatic carbocycles. The molecule has 5 heteroatoms. The lowest BCUT2D eigenvalue weighted by molar-refractivity contribution is -0.384. The van der Waals surface area contributed by atoms with Crippen molar-refractivity contribution in [2.75, 3.05) is 0 Å². The Morgan fingerprint density at radius 3 is 2.68 bits per heavy atom. The van der Waals surface area contributed by atoms with Crippen LogP contribution < -0.4 is 0 Å². The number of hydrogen-bond acceptors (Lipinski definition) is 3. The molecule has 0 unspecified atom stereocenters. The van der Waals surface area contributed by atoms with Crippen molar-refractivity contribution in [2.45, 2.75) is 6.92 Å². The third-order valence-electron chi connectivity index (χ3n) is 3.84. The number of non-ortho nitro benzene ring substituents is 1. The molecule has 0 radical (unpaired) electrons. The van der Waals surface area contributed by atoms with Gasteiger partial charge in [0.1, 0.15) is 0 Å². The maximum absolute atomic E-state index is 11.0. The molecule has 25 heavy (non-hydrogen) atoms. The Morgan fingerprint density at radius 2 is 1.96 bits per heavy atom. The molecule has 0 saturated heterocycles.